The van der Waals surface area contributed by atoms with E-state index in [1.807, 2.05) is 24.3 Å². The zero-order valence-electron chi connectivity index (χ0n) is 7.83. The summed E-state index contributed by atoms with van der Waals surface area (Å²) in [5, 5.41) is 10.2. The number of aryl methyl sites for hydroxylation is 1. The van der Waals surface area contributed by atoms with Crippen molar-refractivity contribution in [1.82, 2.24) is 0 Å². The molecule has 0 amide bonds. The van der Waals surface area contributed by atoms with Crippen molar-refractivity contribution in [2.24, 2.45) is 0 Å². The Labute approximate surface area is 114 Å². The molecule has 0 saturated heterocycles. The molecule has 0 aliphatic rings. The minimum atomic E-state index is -1.02. The summed E-state index contributed by atoms with van der Waals surface area (Å²) in [5.41, 5.74) is 0.985. The molecule has 0 fully saturated rings. The minimum absolute atomic E-state index is 0. The van der Waals surface area contributed by atoms with Crippen molar-refractivity contribution in [2.45, 2.75) is 17.7 Å². The maximum atomic E-state index is 10.2. The molecular weight excluding hydrogens is 231 g/mol. The fourth-order valence-corrected chi connectivity index (χ4v) is 1.50. The van der Waals surface area contributed by atoms with Gasteiger partial charge in [0.15, 0.2) is 0 Å². The Morgan fingerprint density at radius 3 is 2.36 bits per heavy atom. The number of hydrogen-bond acceptors (Lipinski definition) is 3. The van der Waals surface area contributed by atoms with E-state index in [-0.39, 0.29) is 36.0 Å². The summed E-state index contributed by atoms with van der Waals surface area (Å²) >= 11 is 0. The number of carboxylic acids is 1. The second kappa shape index (κ2) is 7.60. The van der Waals surface area contributed by atoms with Gasteiger partial charge in [-0.1, -0.05) is 12.1 Å². The van der Waals surface area contributed by atoms with Crippen molar-refractivity contribution < 1.29 is 39.5 Å². The van der Waals surface area contributed by atoms with Gasteiger partial charge in [0, 0.05) is 10.9 Å². The van der Waals surface area contributed by atoms with E-state index in [1.165, 1.54) is 0 Å². The fourth-order valence-electron chi connectivity index (χ4n) is 0.954. The molecule has 0 heterocycles. The SMILES string of the molecule is O=C([O-])CCc1ccc(SCl)cc1.[Na+]. The third-order valence-corrected chi connectivity index (χ3v) is 2.62. The van der Waals surface area contributed by atoms with Crippen molar-refractivity contribution in [3.05, 3.63) is 29.8 Å². The molecule has 0 aliphatic heterocycles. The monoisotopic (exact) mass is 238 g/mol. The van der Waals surface area contributed by atoms with Gasteiger partial charge in [0.2, 0.25) is 0 Å². The quantitative estimate of drug-likeness (QED) is 0.607. The largest absolute Gasteiger partial charge is 1.00 e. The van der Waals surface area contributed by atoms with E-state index in [9.17, 15) is 9.90 Å². The molecule has 1 aromatic rings. The molecule has 0 spiro atoms. The molecule has 0 saturated carbocycles. The summed E-state index contributed by atoms with van der Waals surface area (Å²) in [7, 11) is 6.66. The van der Waals surface area contributed by atoms with Crippen LogP contribution in [0.3, 0.4) is 0 Å². The first-order valence-corrected chi connectivity index (χ1v) is 5.44. The van der Waals surface area contributed by atoms with Crippen LogP contribution in [0.5, 0.6) is 0 Å². The number of carboxylic acid groups (broad SMARTS) is 1. The Balaban J connectivity index is 0.00000169. The molecule has 2 nitrogen and oxygen atoms in total. The van der Waals surface area contributed by atoms with Gasteiger partial charge in [-0.05, 0) is 52.2 Å². The molecule has 0 aromatic heterocycles. The van der Waals surface area contributed by atoms with Crippen LogP contribution in [0.25, 0.3) is 0 Å². The van der Waals surface area contributed by atoms with Crippen LogP contribution >= 0.6 is 21.7 Å². The van der Waals surface area contributed by atoms with Gasteiger partial charge in [0.1, 0.15) is 0 Å². The predicted octanol–water partition coefficient (Wildman–Crippen LogP) is -1.38. The molecule has 1 rings (SSSR count). The zero-order valence-corrected chi connectivity index (χ0v) is 11.4. The van der Waals surface area contributed by atoms with E-state index in [1.54, 1.807) is 0 Å². The summed E-state index contributed by atoms with van der Waals surface area (Å²) in [4.78, 5) is 11.1. The number of hydrogen-bond donors (Lipinski definition) is 0. The Bertz CT molecular complexity index is 289. The standard InChI is InChI=1S/C9H9ClO2S.Na/c10-13-8-4-1-7(2-5-8)3-6-9(11)12;/h1-2,4-5H,3,6H2,(H,11,12);/q;+1/p-1. The Hall–Kier alpha value is 0.330. The Kier molecular flexibility index (Phi) is 7.78. The topological polar surface area (TPSA) is 40.1 Å². The molecule has 0 bridgehead atoms. The van der Waals surface area contributed by atoms with Crippen molar-refractivity contribution in [1.29, 1.82) is 0 Å². The fraction of sp³-hybridized carbons (Fsp3) is 0.222. The summed E-state index contributed by atoms with van der Waals surface area (Å²) in [5.74, 6) is -1.02. The normalized spacial score (nSPS) is 9.21. The van der Waals surface area contributed by atoms with Crippen molar-refractivity contribution in [3.8, 4) is 0 Å². The second-order valence-corrected chi connectivity index (χ2v) is 3.68. The van der Waals surface area contributed by atoms with Gasteiger partial charge in [0.25, 0.3) is 0 Å². The first-order chi connectivity index (χ1) is 6.22. The van der Waals surface area contributed by atoms with E-state index in [2.05, 4.69) is 0 Å². The van der Waals surface area contributed by atoms with Crippen molar-refractivity contribution in [2.75, 3.05) is 0 Å². The first kappa shape index (κ1) is 14.3. The number of aliphatic carboxylic acids is 1. The molecule has 14 heavy (non-hydrogen) atoms. The van der Waals surface area contributed by atoms with E-state index >= 15 is 0 Å². The van der Waals surface area contributed by atoms with Crippen molar-refractivity contribution in [3.63, 3.8) is 0 Å². The number of benzene rings is 1. The molecule has 0 radical (unpaired) electrons. The van der Waals surface area contributed by atoms with E-state index < -0.39 is 5.97 Å². The first-order valence-electron chi connectivity index (χ1n) is 3.80. The number of halogens is 1. The van der Waals surface area contributed by atoms with Gasteiger partial charge in [0.05, 0.1) is 0 Å². The molecular formula is C9H8ClNaO2S. The van der Waals surface area contributed by atoms with Gasteiger partial charge in [-0.25, -0.2) is 0 Å². The Morgan fingerprint density at radius 1 is 1.36 bits per heavy atom. The van der Waals surface area contributed by atoms with Gasteiger partial charge >= 0.3 is 29.6 Å². The molecule has 1 aromatic carbocycles. The zero-order chi connectivity index (χ0) is 9.68. The molecule has 0 N–H and O–H groups in total. The number of carbonyl (C=O) groups excluding carboxylic acids is 1. The van der Waals surface area contributed by atoms with Crippen LogP contribution in [-0.4, -0.2) is 5.97 Å². The van der Waals surface area contributed by atoms with E-state index in [0.717, 1.165) is 21.4 Å². The summed E-state index contributed by atoms with van der Waals surface area (Å²) in [6, 6.07) is 7.46. The van der Waals surface area contributed by atoms with Crippen LogP contribution in [0.1, 0.15) is 12.0 Å². The predicted molar refractivity (Wildman–Crippen MR) is 51.5 cm³/mol. The summed E-state index contributed by atoms with van der Waals surface area (Å²) in [6.07, 6.45) is 0.572. The molecule has 0 atom stereocenters. The Morgan fingerprint density at radius 2 is 1.93 bits per heavy atom. The summed E-state index contributed by atoms with van der Waals surface area (Å²) < 4.78 is 0. The molecule has 0 unspecified atom stereocenters. The van der Waals surface area contributed by atoms with Gasteiger partial charge in [-0.3, -0.25) is 0 Å². The number of carbonyl (C=O) groups is 1. The van der Waals surface area contributed by atoms with Crippen LogP contribution in [0.4, 0.5) is 0 Å². The van der Waals surface area contributed by atoms with Crippen LogP contribution < -0.4 is 34.7 Å². The maximum absolute atomic E-state index is 10.2. The average Bonchev–Trinajstić information content (AvgIpc) is 2.15. The minimum Gasteiger partial charge on any atom is -0.550 e. The van der Waals surface area contributed by atoms with Crippen molar-refractivity contribution >= 4 is 27.6 Å². The van der Waals surface area contributed by atoms with Crippen LogP contribution in [0, 0.1) is 0 Å². The number of rotatable bonds is 4. The van der Waals surface area contributed by atoms with Gasteiger partial charge < -0.3 is 9.90 Å². The van der Waals surface area contributed by atoms with Crippen LogP contribution in [-0.2, 0) is 11.2 Å². The van der Waals surface area contributed by atoms with Gasteiger partial charge in [-0.2, -0.15) is 0 Å². The van der Waals surface area contributed by atoms with Crippen LogP contribution in [0.15, 0.2) is 29.2 Å². The second-order valence-electron chi connectivity index (χ2n) is 2.59. The summed E-state index contributed by atoms with van der Waals surface area (Å²) in [6.45, 7) is 0. The smallest absolute Gasteiger partial charge is 0.550 e. The molecule has 0 aliphatic carbocycles. The average molecular weight is 239 g/mol. The van der Waals surface area contributed by atoms with Gasteiger partial charge in [-0.15, -0.1) is 0 Å². The van der Waals surface area contributed by atoms with Crippen LogP contribution in [0.2, 0.25) is 0 Å². The van der Waals surface area contributed by atoms with E-state index in [4.69, 9.17) is 10.7 Å². The van der Waals surface area contributed by atoms with E-state index in [0.29, 0.717) is 6.42 Å². The molecule has 5 heteroatoms. The molecule has 70 valence electrons. The maximum Gasteiger partial charge on any atom is 1.00 e. The third-order valence-electron chi connectivity index (χ3n) is 1.63. The third kappa shape index (κ3) is 5.27.